The molecule has 0 aliphatic carbocycles. The van der Waals surface area contributed by atoms with E-state index in [0.29, 0.717) is 6.04 Å². The summed E-state index contributed by atoms with van der Waals surface area (Å²) < 4.78 is 0. The lowest BCUT2D eigenvalue weighted by atomic mass is 10.2. The van der Waals surface area contributed by atoms with Gasteiger partial charge in [-0.1, -0.05) is 13.3 Å². The van der Waals surface area contributed by atoms with Gasteiger partial charge < -0.3 is 10.2 Å². The van der Waals surface area contributed by atoms with Crippen LogP contribution < -0.4 is 10.2 Å². The van der Waals surface area contributed by atoms with E-state index in [2.05, 4.69) is 62.4 Å². The number of anilines is 2. The number of nitrogens with one attached hydrogen (secondary N) is 1. The Hall–Kier alpha value is -1.18. The summed E-state index contributed by atoms with van der Waals surface area (Å²) in [7, 11) is 4.12. The van der Waals surface area contributed by atoms with Crippen LogP contribution in [0.25, 0.3) is 0 Å². The van der Waals surface area contributed by atoms with Crippen LogP contribution in [0.2, 0.25) is 0 Å². The zero-order valence-corrected chi connectivity index (χ0v) is 10.2. The second-order valence-electron chi connectivity index (χ2n) is 4.28. The van der Waals surface area contributed by atoms with Crippen LogP contribution in [0.4, 0.5) is 11.4 Å². The minimum absolute atomic E-state index is 0.556. The van der Waals surface area contributed by atoms with Crippen molar-refractivity contribution in [3.05, 3.63) is 24.3 Å². The Balaban J connectivity index is 2.56. The van der Waals surface area contributed by atoms with E-state index >= 15 is 0 Å². The number of hydrogen-bond acceptors (Lipinski definition) is 2. The van der Waals surface area contributed by atoms with Crippen molar-refractivity contribution in [1.82, 2.24) is 0 Å². The van der Waals surface area contributed by atoms with Gasteiger partial charge in [0.1, 0.15) is 0 Å². The summed E-state index contributed by atoms with van der Waals surface area (Å²) in [5.41, 5.74) is 2.45. The molecule has 0 bridgehead atoms. The third-order valence-electron chi connectivity index (χ3n) is 2.52. The first-order chi connectivity index (χ1) is 7.13. The van der Waals surface area contributed by atoms with E-state index in [1.54, 1.807) is 0 Å². The van der Waals surface area contributed by atoms with Gasteiger partial charge in [-0.15, -0.1) is 0 Å². The van der Waals surface area contributed by atoms with Gasteiger partial charge in [0.25, 0.3) is 0 Å². The molecule has 0 amide bonds. The molecule has 0 fully saturated rings. The molecule has 0 radical (unpaired) electrons. The maximum Gasteiger partial charge on any atom is 0.0362 e. The molecule has 2 heteroatoms. The van der Waals surface area contributed by atoms with E-state index in [1.165, 1.54) is 24.2 Å². The normalized spacial score (nSPS) is 12.3. The summed E-state index contributed by atoms with van der Waals surface area (Å²) in [6.45, 7) is 4.44. The van der Waals surface area contributed by atoms with Crippen molar-refractivity contribution < 1.29 is 0 Å². The summed E-state index contributed by atoms with van der Waals surface area (Å²) >= 11 is 0. The average molecular weight is 206 g/mol. The van der Waals surface area contributed by atoms with Crippen LogP contribution in [-0.2, 0) is 0 Å². The van der Waals surface area contributed by atoms with Crippen LogP contribution >= 0.6 is 0 Å². The van der Waals surface area contributed by atoms with Gasteiger partial charge in [0, 0.05) is 31.5 Å². The molecule has 1 atom stereocenters. The first-order valence-electron chi connectivity index (χ1n) is 5.67. The van der Waals surface area contributed by atoms with E-state index in [1.807, 2.05) is 0 Å². The predicted octanol–water partition coefficient (Wildman–Crippen LogP) is 3.35. The monoisotopic (exact) mass is 206 g/mol. The highest BCUT2D eigenvalue weighted by atomic mass is 15.1. The fourth-order valence-corrected chi connectivity index (χ4v) is 1.65. The van der Waals surface area contributed by atoms with Gasteiger partial charge in [0.2, 0.25) is 0 Å². The maximum absolute atomic E-state index is 3.49. The Morgan fingerprint density at radius 3 is 2.27 bits per heavy atom. The van der Waals surface area contributed by atoms with Crippen LogP contribution in [0.1, 0.15) is 26.7 Å². The van der Waals surface area contributed by atoms with Gasteiger partial charge in [-0.2, -0.15) is 0 Å². The lowest BCUT2D eigenvalue weighted by Crippen LogP contribution is -2.14. The second-order valence-corrected chi connectivity index (χ2v) is 4.28. The first-order valence-corrected chi connectivity index (χ1v) is 5.67. The summed E-state index contributed by atoms with van der Waals surface area (Å²) in [5, 5.41) is 3.49. The van der Waals surface area contributed by atoms with Gasteiger partial charge in [0.15, 0.2) is 0 Å². The molecule has 0 spiro atoms. The molecule has 0 aliphatic heterocycles. The summed E-state index contributed by atoms with van der Waals surface area (Å²) in [6.07, 6.45) is 2.44. The fourth-order valence-electron chi connectivity index (χ4n) is 1.65. The molecule has 1 aromatic carbocycles. The van der Waals surface area contributed by atoms with Gasteiger partial charge >= 0.3 is 0 Å². The number of nitrogens with zero attached hydrogens (tertiary/aromatic N) is 1. The Morgan fingerprint density at radius 2 is 1.80 bits per heavy atom. The van der Waals surface area contributed by atoms with Crippen molar-refractivity contribution in [1.29, 1.82) is 0 Å². The Labute approximate surface area is 93.3 Å². The molecule has 1 N–H and O–H groups in total. The Morgan fingerprint density at radius 1 is 1.20 bits per heavy atom. The van der Waals surface area contributed by atoms with E-state index in [-0.39, 0.29) is 0 Å². The van der Waals surface area contributed by atoms with Crippen LogP contribution in [-0.4, -0.2) is 20.1 Å². The van der Waals surface area contributed by atoms with Gasteiger partial charge in [-0.3, -0.25) is 0 Å². The molecule has 15 heavy (non-hydrogen) atoms. The van der Waals surface area contributed by atoms with Crippen LogP contribution in [0.3, 0.4) is 0 Å². The van der Waals surface area contributed by atoms with Crippen LogP contribution in [0, 0.1) is 0 Å². The van der Waals surface area contributed by atoms with E-state index in [4.69, 9.17) is 0 Å². The molecule has 0 saturated heterocycles. The first kappa shape index (κ1) is 11.9. The number of rotatable bonds is 5. The van der Waals surface area contributed by atoms with Crippen molar-refractivity contribution in [2.24, 2.45) is 0 Å². The number of benzene rings is 1. The molecule has 2 nitrogen and oxygen atoms in total. The second kappa shape index (κ2) is 5.64. The molecule has 0 aliphatic rings. The third-order valence-corrected chi connectivity index (χ3v) is 2.52. The average Bonchev–Trinajstić information content (AvgIpc) is 2.18. The summed E-state index contributed by atoms with van der Waals surface area (Å²) in [6, 6.07) is 9.12. The quantitative estimate of drug-likeness (QED) is 0.794. The third kappa shape index (κ3) is 3.82. The number of hydrogen-bond donors (Lipinski definition) is 1. The molecule has 84 valence electrons. The highest BCUT2D eigenvalue weighted by Crippen LogP contribution is 2.16. The van der Waals surface area contributed by atoms with E-state index in [9.17, 15) is 0 Å². The molecule has 0 heterocycles. The van der Waals surface area contributed by atoms with Gasteiger partial charge in [-0.05, 0) is 37.6 Å². The Kier molecular flexibility index (Phi) is 4.47. The van der Waals surface area contributed by atoms with Gasteiger partial charge in [-0.25, -0.2) is 0 Å². The largest absolute Gasteiger partial charge is 0.383 e. The van der Waals surface area contributed by atoms with Gasteiger partial charge in [0.05, 0.1) is 0 Å². The minimum atomic E-state index is 0.556. The lowest BCUT2D eigenvalue weighted by Gasteiger charge is -2.16. The van der Waals surface area contributed by atoms with Crippen LogP contribution in [0.15, 0.2) is 24.3 Å². The summed E-state index contributed by atoms with van der Waals surface area (Å²) in [5.74, 6) is 0. The molecule has 1 rings (SSSR count). The predicted molar refractivity (Wildman–Crippen MR) is 68.8 cm³/mol. The Bertz CT molecular complexity index is 277. The SMILES string of the molecule is CCC[C@@H](C)Nc1ccc(N(C)C)cc1. The molecular weight excluding hydrogens is 184 g/mol. The van der Waals surface area contributed by atoms with Crippen molar-refractivity contribution in [2.45, 2.75) is 32.7 Å². The molecular formula is C13H22N2. The standard InChI is InChI=1S/C13H22N2/c1-5-6-11(2)14-12-7-9-13(10-8-12)15(3)4/h7-11,14H,5-6H2,1-4H3/t11-/m1/s1. The minimum Gasteiger partial charge on any atom is -0.383 e. The van der Waals surface area contributed by atoms with E-state index < -0.39 is 0 Å². The van der Waals surface area contributed by atoms with Crippen LogP contribution in [0.5, 0.6) is 0 Å². The van der Waals surface area contributed by atoms with E-state index in [0.717, 1.165) is 0 Å². The molecule has 0 saturated carbocycles. The fraction of sp³-hybridized carbons (Fsp3) is 0.538. The molecule has 0 aromatic heterocycles. The highest BCUT2D eigenvalue weighted by Gasteiger charge is 2.00. The lowest BCUT2D eigenvalue weighted by molar-refractivity contribution is 0.690. The maximum atomic E-state index is 3.49. The van der Waals surface area contributed by atoms with Crippen molar-refractivity contribution in [2.75, 3.05) is 24.3 Å². The molecule has 0 unspecified atom stereocenters. The van der Waals surface area contributed by atoms with Crippen molar-refractivity contribution in [3.8, 4) is 0 Å². The van der Waals surface area contributed by atoms with Crippen molar-refractivity contribution in [3.63, 3.8) is 0 Å². The zero-order valence-electron chi connectivity index (χ0n) is 10.2. The highest BCUT2D eigenvalue weighted by molar-refractivity contribution is 5.54. The van der Waals surface area contributed by atoms with Crippen molar-refractivity contribution >= 4 is 11.4 Å². The zero-order chi connectivity index (χ0) is 11.3. The summed E-state index contributed by atoms with van der Waals surface area (Å²) in [4.78, 5) is 2.11. The topological polar surface area (TPSA) is 15.3 Å². The molecule has 1 aromatic rings. The smallest absolute Gasteiger partial charge is 0.0362 e.